The third kappa shape index (κ3) is 2.44. The first-order valence-electron chi connectivity index (χ1n) is 6.86. The van der Waals surface area contributed by atoms with Crippen molar-refractivity contribution in [3.05, 3.63) is 33.9 Å². The van der Waals surface area contributed by atoms with Crippen molar-refractivity contribution in [2.45, 2.75) is 18.6 Å². The van der Waals surface area contributed by atoms with Gasteiger partial charge in [-0.15, -0.1) is 0 Å². The molecule has 2 fully saturated rings. The Morgan fingerprint density at radius 3 is 2.52 bits per heavy atom. The highest BCUT2D eigenvalue weighted by Gasteiger charge is 2.40. The molecule has 110 valence electrons. The maximum atomic E-state index is 11.3. The monoisotopic (exact) mass is 289 g/mol. The highest BCUT2D eigenvalue weighted by molar-refractivity contribution is 5.70. The Morgan fingerprint density at radius 1 is 1.29 bits per heavy atom. The lowest BCUT2D eigenvalue weighted by Crippen LogP contribution is -2.45. The van der Waals surface area contributed by atoms with E-state index < -0.39 is 10.7 Å². The lowest BCUT2D eigenvalue weighted by Gasteiger charge is -2.38. The molecule has 2 saturated heterocycles. The quantitative estimate of drug-likeness (QED) is 0.609. The van der Waals surface area contributed by atoms with E-state index >= 15 is 0 Å². The summed E-state index contributed by atoms with van der Waals surface area (Å²) in [5, 5.41) is 20.3. The first-order valence-corrected chi connectivity index (χ1v) is 6.86. The highest BCUT2D eigenvalue weighted by Crippen LogP contribution is 2.37. The molecule has 0 saturated carbocycles. The number of nitriles is 1. The minimum Gasteiger partial charge on any atom is -0.366 e. The predicted molar refractivity (Wildman–Crippen MR) is 73.9 cm³/mol. The molecule has 0 radical (unpaired) electrons. The van der Waals surface area contributed by atoms with Crippen LogP contribution in [-0.2, 0) is 9.47 Å². The van der Waals surface area contributed by atoms with Crippen LogP contribution in [0.4, 0.5) is 11.4 Å². The van der Waals surface area contributed by atoms with Gasteiger partial charge in [0.25, 0.3) is 0 Å². The first kappa shape index (κ1) is 13.8. The van der Waals surface area contributed by atoms with Crippen molar-refractivity contribution < 1.29 is 14.4 Å². The number of rotatable bonds is 2. The molecule has 7 nitrogen and oxygen atoms in total. The maximum absolute atomic E-state index is 11.3. The number of hydrogen-bond donors (Lipinski definition) is 0. The Labute approximate surface area is 121 Å². The van der Waals surface area contributed by atoms with Crippen molar-refractivity contribution in [3.8, 4) is 6.07 Å². The maximum Gasteiger partial charge on any atom is 0.310 e. The van der Waals surface area contributed by atoms with Crippen LogP contribution in [0.25, 0.3) is 0 Å². The molecule has 0 atom stereocenters. The van der Waals surface area contributed by atoms with Crippen LogP contribution < -0.4 is 4.90 Å². The van der Waals surface area contributed by atoms with Crippen LogP contribution in [0, 0.1) is 21.4 Å². The van der Waals surface area contributed by atoms with Gasteiger partial charge < -0.3 is 14.4 Å². The second-order valence-corrected chi connectivity index (χ2v) is 5.14. The summed E-state index contributed by atoms with van der Waals surface area (Å²) in [6.45, 7) is 2.42. The van der Waals surface area contributed by atoms with Crippen LogP contribution in [0.2, 0.25) is 0 Å². The van der Waals surface area contributed by atoms with Crippen LogP contribution in [0.3, 0.4) is 0 Å². The van der Waals surface area contributed by atoms with Gasteiger partial charge >= 0.3 is 5.69 Å². The molecule has 0 N–H and O–H groups in total. The fourth-order valence-electron chi connectivity index (χ4n) is 2.94. The number of ether oxygens (including phenoxy) is 2. The zero-order valence-corrected chi connectivity index (χ0v) is 11.4. The van der Waals surface area contributed by atoms with E-state index in [1.165, 1.54) is 6.07 Å². The zero-order chi connectivity index (χ0) is 14.9. The van der Waals surface area contributed by atoms with E-state index in [4.69, 9.17) is 14.7 Å². The molecule has 0 aliphatic carbocycles. The van der Waals surface area contributed by atoms with Crippen LogP contribution in [-0.4, -0.2) is 37.0 Å². The molecule has 0 aromatic heterocycles. The molecule has 1 aromatic carbocycles. The molecule has 21 heavy (non-hydrogen) atoms. The van der Waals surface area contributed by atoms with Gasteiger partial charge in [0, 0.05) is 25.9 Å². The van der Waals surface area contributed by atoms with E-state index in [9.17, 15) is 10.1 Å². The normalized spacial score (nSPS) is 20.4. The molecule has 2 aliphatic rings. The topological polar surface area (TPSA) is 88.6 Å². The van der Waals surface area contributed by atoms with Crippen molar-refractivity contribution >= 4 is 11.4 Å². The van der Waals surface area contributed by atoms with Gasteiger partial charge in [0.05, 0.1) is 18.1 Å². The number of hydrogen-bond acceptors (Lipinski definition) is 6. The van der Waals surface area contributed by atoms with Crippen molar-refractivity contribution in [2.24, 2.45) is 0 Å². The molecule has 2 heterocycles. The number of anilines is 1. The Kier molecular flexibility index (Phi) is 3.49. The number of benzene rings is 1. The predicted octanol–water partition coefficient (Wildman–Crippen LogP) is 1.81. The van der Waals surface area contributed by atoms with Gasteiger partial charge in [-0.2, -0.15) is 5.26 Å². The summed E-state index contributed by atoms with van der Waals surface area (Å²) in [7, 11) is 0. The summed E-state index contributed by atoms with van der Waals surface area (Å²) >= 11 is 0. The van der Waals surface area contributed by atoms with Crippen LogP contribution in [0.1, 0.15) is 18.4 Å². The SMILES string of the molecule is N#Cc1cccc(N2CCC3(CC2)OCCO3)c1[N+](=O)[O-]. The van der Waals surface area contributed by atoms with Crippen molar-refractivity contribution in [1.82, 2.24) is 0 Å². The summed E-state index contributed by atoms with van der Waals surface area (Å²) in [6, 6.07) is 6.72. The van der Waals surface area contributed by atoms with Gasteiger partial charge in [0.15, 0.2) is 5.79 Å². The van der Waals surface area contributed by atoms with E-state index in [2.05, 4.69) is 0 Å². The van der Waals surface area contributed by atoms with E-state index in [0.717, 1.165) is 0 Å². The largest absolute Gasteiger partial charge is 0.366 e. The molecule has 7 heteroatoms. The van der Waals surface area contributed by atoms with Crippen LogP contribution >= 0.6 is 0 Å². The summed E-state index contributed by atoms with van der Waals surface area (Å²) in [5.74, 6) is -0.516. The number of nitro benzene ring substituents is 1. The lowest BCUT2D eigenvalue weighted by atomic mass is 10.0. The Balaban J connectivity index is 1.85. The second-order valence-electron chi connectivity index (χ2n) is 5.14. The van der Waals surface area contributed by atoms with E-state index in [1.54, 1.807) is 12.1 Å². The van der Waals surface area contributed by atoms with E-state index in [0.29, 0.717) is 44.8 Å². The second kappa shape index (κ2) is 5.31. The molecular formula is C14H15N3O4. The standard InChI is InChI=1S/C14H15N3O4/c15-10-11-2-1-3-12(13(11)17(18)19)16-6-4-14(5-7-16)20-8-9-21-14/h1-3H,4-9H2. The number of nitrogens with zero attached hydrogens (tertiary/aromatic N) is 3. The summed E-state index contributed by atoms with van der Waals surface area (Å²) in [6.07, 6.45) is 1.34. The molecule has 0 bridgehead atoms. The average Bonchev–Trinajstić information content (AvgIpc) is 2.95. The molecular weight excluding hydrogens is 274 g/mol. The molecule has 2 aliphatic heterocycles. The molecule has 0 amide bonds. The first-order chi connectivity index (χ1) is 10.2. The fourth-order valence-corrected chi connectivity index (χ4v) is 2.94. The van der Waals surface area contributed by atoms with Gasteiger partial charge in [-0.1, -0.05) is 6.07 Å². The Bertz CT molecular complexity index is 595. The lowest BCUT2D eigenvalue weighted by molar-refractivity contribution is -0.384. The van der Waals surface area contributed by atoms with Crippen molar-refractivity contribution in [2.75, 3.05) is 31.2 Å². The van der Waals surface area contributed by atoms with Gasteiger partial charge in [-0.3, -0.25) is 10.1 Å². The summed E-state index contributed by atoms with van der Waals surface area (Å²) in [5.41, 5.74) is 0.460. The average molecular weight is 289 g/mol. The fraction of sp³-hybridized carbons (Fsp3) is 0.500. The number of nitro groups is 1. The van der Waals surface area contributed by atoms with Gasteiger partial charge in [-0.05, 0) is 12.1 Å². The summed E-state index contributed by atoms with van der Waals surface area (Å²) < 4.78 is 11.3. The Morgan fingerprint density at radius 2 is 1.95 bits per heavy atom. The molecule has 1 spiro atoms. The zero-order valence-electron chi connectivity index (χ0n) is 11.4. The van der Waals surface area contributed by atoms with Crippen molar-refractivity contribution in [1.29, 1.82) is 5.26 Å². The smallest absolute Gasteiger partial charge is 0.310 e. The van der Waals surface area contributed by atoms with E-state index in [1.807, 2.05) is 11.0 Å². The minimum atomic E-state index is -0.516. The molecule has 0 unspecified atom stereocenters. The molecule has 1 aromatic rings. The minimum absolute atomic E-state index is 0.0890. The third-order valence-electron chi connectivity index (χ3n) is 4.00. The van der Waals surface area contributed by atoms with Gasteiger partial charge in [0.1, 0.15) is 17.3 Å². The highest BCUT2D eigenvalue weighted by atomic mass is 16.7. The summed E-state index contributed by atoms with van der Waals surface area (Å²) in [4.78, 5) is 12.7. The molecule has 3 rings (SSSR count). The van der Waals surface area contributed by atoms with E-state index in [-0.39, 0.29) is 11.3 Å². The van der Waals surface area contributed by atoms with Crippen molar-refractivity contribution in [3.63, 3.8) is 0 Å². The number of piperidine rings is 1. The van der Waals surface area contributed by atoms with Crippen LogP contribution in [0.5, 0.6) is 0 Å². The van der Waals surface area contributed by atoms with Gasteiger partial charge in [-0.25, -0.2) is 0 Å². The number of para-hydroxylation sites is 1. The van der Waals surface area contributed by atoms with Gasteiger partial charge in [0.2, 0.25) is 0 Å². The van der Waals surface area contributed by atoms with Crippen LogP contribution in [0.15, 0.2) is 18.2 Å². The third-order valence-corrected chi connectivity index (χ3v) is 4.00. The Hall–Kier alpha value is -2.17.